The van der Waals surface area contributed by atoms with Crippen LogP contribution >= 0.6 is 0 Å². The molecule has 6 heteroatoms. The lowest BCUT2D eigenvalue weighted by Gasteiger charge is -2.49. The van der Waals surface area contributed by atoms with Gasteiger partial charge in [0.25, 0.3) is 5.91 Å². The van der Waals surface area contributed by atoms with Gasteiger partial charge in [0.2, 0.25) is 0 Å². The van der Waals surface area contributed by atoms with Crippen molar-refractivity contribution in [2.75, 3.05) is 7.11 Å². The largest absolute Gasteiger partial charge is 0.444 e. The number of hydroxylamine groups is 2. The van der Waals surface area contributed by atoms with Crippen LogP contribution in [0.3, 0.4) is 0 Å². The van der Waals surface area contributed by atoms with E-state index in [4.69, 9.17) is 9.57 Å². The van der Waals surface area contributed by atoms with Gasteiger partial charge >= 0.3 is 6.09 Å². The van der Waals surface area contributed by atoms with E-state index in [-0.39, 0.29) is 11.9 Å². The number of ether oxygens (including phenoxy) is 1. The molecule has 2 atom stereocenters. The number of carbonyl (C=O) groups excluding carboxylic acids is 2. The Kier molecular flexibility index (Phi) is 4.76. The maximum Gasteiger partial charge on any atom is 0.408 e. The Morgan fingerprint density at radius 1 is 1.24 bits per heavy atom. The Balaban J connectivity index is 1.99. The molecule has 2 rings (SSSR count). The van der Waals surface area contributed by atoms with Crippen LogP contribution in [0.2, 0.25) is 0 Å². The standard InChI is InChI=1S/C15H26N2O4/c1-15(2,3)21-14(19)16-11-12(17(20-4)13(11)18)10-8-6-5-7-9-10/h10-12H,5-9H2,1-4H3,(H,16,19). The van der Waals surface area contributed by atoms with Gasteiger partial charge in [-0.25, -0.2) is 9.86 Å². The summed E-state index contributed by atoms with van der Waals surface area (Å²) >= 11 is 0. The molecule has 0 spiro atoms. The van der Waals surface area contributed by atoms with Crippen LogP contribution in [0.5, 0.6) is 0 Å². The molecule has 120 valence electrons. The molecule has 2 unspecified atom stereocenters. The third-order valence-electron chi connectivity index (χ3n) is 4.10. The topological polar surface area (TPSA) is 67.9 Å². The first kappa shape index (κ1) is 16.1. The van der Waals surface area contributed by atoms with Crippen LogP contribution in [-0.4, -0.2) is 41.9 Å². The third kappa shape index (κ3) is 3.67. The maximum atomic E-state index is 12.1. The predicted octanol–water partition coefficient (Wildman–Crippen LogP) is 2.23. The molecule has 1 N–H and O–H groups in total. The fourth-order valence-corrected chi connectivity index (χ4v) is 3.22. The lowest BCUT2D eigenvalue weighted by molar-refractivity contribution is -0.232. The summed E-state index contributed by atoms with van der Waals surface area (Å²) in [5.41, 5.74) is -0.571. The van der Waals surface area contributed by atoms with E-state index in [0.717, 1.165) is 12.8 Å². The second-order valence-corrected chi connectivity index (χ2v) is 6.86. The molecule has 21 heavy (non-hydrogen) atoms. The molecule has 2 fully saturated rings. The van der Waals surface area contributed by atoms with Crippen molar-refractivity contribution in [3.05, 3.63) is 0 Å². The van der Waals surface area contributed by atoms with Gasteiger partial charge in [-0.1, -0.05) is 19.3 Å². The monoisotopic (exact) mass is 298 g/mol. The lowest BCUT2D eigenvalue weighted by Crippen LogP contribution is -2.72. The van der Waals surface area contributed by atoms with Crippen molar-refractivity contribution in [2.45, 2.75) is 70.6 Å². The van der Waals surface area contributed by atoms with Crippen molar-refractivity contribution in [1.82, 2.24) is 10.4 Å². The van der Waals surface area contributed by atoms with Crippen LogP contribution in [0.15, 0.2) is 0 Å². The van der Waals surface area contributed by atoms with E-state index in [9.17, 15) is 9.59 Å². The molecule has 1 heterocycles. The lowest BCUT2D eigenvalue weighted by atomic mass is 9.77. The molecule has 6 nitrogen and oxygen atoms in total. The van der Waals surface area contributed by atoms with Gasteiger partial charge in [0.05, 0.1) is 13.2 Å². The van der Waals surface area contributed by atoms with Crippen molar-refractivity contribution >= 4 is 12.0 Å². The summed E-state index contributed by atoms with van der Waals surface area (Å²) in [4.78, 5) is 29.1. The molecule has 2 aliphatic rings. The summed E-state index contributed by atoms with van der Waals surface area (Å²) in [6.07, 6.45) is 5.19. The fraction of sp³-hybridized carbons (Fsp3) is 0.867. The number of alkyl carbamates (subject to hydrolysis) is 1. The molecule has 0 bridgehead atoms. The Morgan fingerprint density at radius 2 is 1.86 bits per heavy atom. The van der Waals surface area contributed by atoms with E-state index < -0.39 is 17.7 Å². The summed E-state index contributed by atoms with van der Waals surface area (Å²) in [5, 5.41) is 4.10. The van der Waals surface area contributed by atoms with Gasteiger partial charge in [-0.3, -0.25) is 9.63 Å². The van der Waals surface area contributed by atoms with E-state index in [1.807, 2.05) is 0 Å². The summed E-state index contributed by atoms with van der Waals surface area (Å²) in [6, 6.07) is -0.599. The zero-order valence-electron chi connectivity index (χ0n) is 13.3. The zero-order valence-corrected chi connectivity index (χ0v) is 13.3. The summed E-state index contributed by atoms with van der Waals surface area (Å²) in [5.74, 6) is 0.190. The molecule has 2 amide bonds. The molecule has 1 aliphatic heterocycles. The first-order valence-corrected chi connectivity index (χ1v) is 7.70. The van der Waals surface area contributed by atoms with Crippen molar-refractivity contribution < 1.29 is 19.2 Å². The SMILES string of the molecule is CON1C(=O)C(NC(=O)OC(C)(C)C)C1C1CCCCC1. The third-order valence-corrected chi connectivity index (χ3v) is 4.10. The smallest absolute Gasteiger partial charge is 0.408 e. The van der Waals surface area contributed by atoms with Crippen molar-refractivity contribution in [3.8, 4) is 0 Å². The number of rotatable bonds is 3. The maximum absolute atomic E-state index is 12.1. The van der Waals surface area contributed by atoms with Gasteiger partial charge < -0.3 is 10.1 Å². The van der Waals surface area contributed by atoms with Crippen LogP contribution in [0.4, 0.5) is 4.79 Å². The van der Waals surface area contributed by atoms with E-state index in [2.05, 4.69) is 5.32 Å². The number of β-lactam (4-membered cyclic amide) rings is 1. The molecular formula is C15H26N2O4. The van der Waals surface area contributed by atoms with Gasteiger partial charge in [-0.2, -0.15) is 0 Å². The van der Waals surface area contributed by atoms with Crippen LogP contribution in [0.25, 0.3) is 0 Å². The number of hydrogen-bond acceptors (Lipinski definition) is 4. The highest BCUT2D eigenvalue weighted by atomic mass is 16.7. The highest BCUT2D eigenvalue weighted by Gasteiger charge is 2.53. The number of amides is 2. The molecule has 0 radical (unpaired) electrons. The van der Waals surface area contributed by atoms with Crippen LogP contribution in [0.1, 0.15) is 52.9 Å². The second-order valence-electron chi connectivity index (χ2n) is 6.86. The molecule has 0 aromatic carbocycles. The van der Waals surface area contributed by atoms with Gasteiger partial charge in [-0.15, -0.1) is 0 Å². The number of hydrogen-bond donors (Lipinski definition) is 1. The molecule has 0 aromatic heterocycles. The fourth-order valence-electron chi connectivity index (χ4n) is 3.22. The van der Waals surface area contributed by atoms with Gasteiger partial charge in [0, 0.05) is 0 Å². The number of nitrogens with zero attached hydrogens (tertiary/aromatic N) is 1. The highest BCUT2D eigenvalue weighted by molar-refractivity contribution is 5.91. The minimum atomic E-state index is -0.571. The van der Waals surface area contributed by atoms with Crippen molar-refractivity contribution in [1.29, 1.82) is 0 Å². The predicted molar refractivity (Wildman–Crippen MR) is 77.4 cm³/mol. The Labute approximate surface area is 126 Å². The van der Waals surface area contributed by atoms with Crippen LogP contribution < -0.4 is 5.32 Å². The van der Waals surface area contributed by atoms with E-state index in [1.165, 1.54) is 31.4 Å². The quantitative estimate of drug-likeness (QED) is 0.811. The molecule has 1 aliphatic carbocycles. The average Bonchev–Trinajstić information content (AvgIpc) is 2.40. The molecule has 1 saturated heterocycles. The summed E-state index contributed by atoms with van der Waals surface area (Å²) in [7, 11) is 1.50. The molecule has 1 saturated carbocycles. The minimum Gasteiger partial charge on any atom is -0.444 e. The normalized spacial score (nSPS) is 27.2. The summed E-state index contributed by atoms with van der Waals surface area (Å²) < 4.78 is 5.24. The molecule has 0 aromatic rings. The Morgan fingerprint density at radius 3 is 2.38 bits per heavy atom. The Hall–Kier alpha value is -1.30. The minimum absolute atomic E-state index is 0.0738. The highest BCUT2D eigenvalue weighted by Crippen LogP contribution is 2.36. The van der Waals surface area contributed by atoms with E-state index in [1.54, 1.807) is 20.8 Å². The van der Waals surface area contributed by atoms with E-state index in [0.29, 0.717) is 5.92 Å². The number of carbonyl (C=O) groups is 2. The Bertz CT molecular complexity index is 399. The molecular weight excluding hydrogens is 272 g/mol. The number of nitrogens with one attached hydrogen (secondary N) is 1. The second kappa shape index (κ2) is 6.22. The summed E-state index contributed by atoms with van der Waals surface area (Å²) in [6.45, 7) is 5.40. The van der Waals surface area contributed by atoms with Crippen LogP contribution in [0, 0.1) is 5.92 Å². The van der Waals surface area contributed by atoms with Gasteiger partial charge in [-0.05, 0) is 39.5 Å². The van der Waals surface area contributed by atoms with Crippen molar-refractivity contribution in [3.63, 3.8) is 0 Å². The van der Waals surface area contributed by atoms with Gasteiger partial charge in [0.1, 0.15) is 11.6 Å². The van der Waals surface area contributed by atoms with Gasteiger partial charge in [0.15, 0.2) is 0 Å². The average molecular weight is 298 g/mol. The van der Waals surface area contributed by atoms with Crippen molar-refractivity contribution in [2.24, 2.45) is 5.92 Å². The van der Waals surface area contributed by atoms with Crippen LogP contribution in [-0.2, 0) is 14.4 Å². The first-order valence-electron chi connectivity index (χ1n) is 7.70. The van der Waals surface area contributed by atoms with E-state index >= 15 is 0 Å². The first-order chi connectivity index (χ1) is 9.83. The zero-order chi connectivity index (χ0) is 15.6.